The Morgan fingerprint density at radius 2 is 1.76 bits per heavy atom. The minimum atomic E-state index is -0.633. The van der Waals surface area contributed by atoms with E-state index in [0.29, 0.717) is 17.2 Å². The Morgan fingerprint density at radius 3 is 2.18 bits per heavy atom. The molecule has 0 saturated heterocycles. The van der Waals surface area contributed by atoms with Gasteiger partial charge < -0.3 is 10.0 Å². The third-order valence-electron chi connectivity index (χ3n) is 3.41. The van der Waals surface area contributed by atoms with Crippen LogP contribution < -0.4 is 4.90 Å². The summed E-state index contributed by atoms with van der Waals surface area (Å²) in [5.74, 6) is 0.175. The zero-order valence-corrected chi connectivity index (χ0v) is 11.2. The van der Waals surface area contributed by atoms with Crippen LogP contribution in [0.4, 0.5) is 10.1 Å². The zero-order valence-electron chi connectivity index (χ0n) is 11.2. The van der Waals surface area contributed by atoms with Crippen LogP contribution in [0, 0.1) is 11.7 Å². The number of rotatable bonds is 4. The van der Waals surface area contributed by atoms with Gasteiger partial charge in [0.05, 0.1) is 11.8 Å². The molecule has 0 aliphatic heterocycles. The molecule has 3 heteroatoms. The second-order valence-corrected chi connectivity index (χ2v) is 4.98. The number of benzene rings is 1. The predicted molar refractivity (Wildman–Crippen MR) is 69.7 cm³/mol. The first kappa shape index (κ1) is 14.0. The first-order valence-corrected chi connectivity index (χ1v) is 6.05. The summed E-state index contributed by atoms with van der Waals surface area (Å²) in [6.45, 7) is 7.94. The number of aliphatic hydroxyl groups excluding tert-OH is 1. The molecule has 0 aliphatic carbocycles. The maximum absolute atomic E-state index is 13.9. The minimum absolute atomic E-state index is 0.266. The van der Waals surface area contributed by atoms with Gasteiger partial charge >= 0.3 is 0 Å². The molecule has 96 valence electrons. The lowest BCUT2D eigenvalue weighted by Gasteiger charge is -2.30. The van der Waals surface area contributed by atoms with Gasteiger partial charge in [-0.2, -0.15) is 0 Å². The van der Waals surface area contributed by atoms with Crippen LogP contribution in [-0.2, 0) is 0 Å². The summed E-state index contributed by atoms with van der Waals surface area (Å²) in [7, 11) is 1.89. The highest BCUT2D eigenvalue weighted by atomic mass is 19.1. The standard InChI is InChI=1S/C14H22FNO/c1-9(2)10(3)16(5)14-7-6-12(11(4)17)8-13(14)15/h6-11,17H,1-5H3/t10?,11-/m0/s1. The van der Waals surface area contributed by atoms with Crippen LogP contribution in [-0.4, -0.2) is 18.2 Å². The van der Waals surface area contributed by atoms with Crippen molar-refractivity contribution in [3.8, 4) is 0 Å². The van der Waals surface area contributed by atoms with E-state index in [0.717, 1.165) is 0 Å². The summed E-state index contributed by atoms with van der Waals surface area (Å²) in [6.07, 6.45) is -0.633. The van der Waals surface area contributed by atoms with Crippen molar-refractivity contribution >= 4 is 5.69 Å². The van der Waals surface area contributed by atoms with E-state index in [1.54, 1.807) is 19.1 Å². The number of hydrogen-bond acceptors (Lipinski definition) is 2. The first-order valence-electron chi connectivity index (χ1n) is 6.05. The van der Waals surface area contributed by atoms with Crippen LogP contribution >= 0.6 is 0 Å². The van der Waals surface area contributed by atoms with Crippen LogP contribution in [0.25, 0.3) is 0 Å². The van der Waals surface area contributed by atoms with Crippen molar-refractivity contribution in [1.82, 2.24) is 0 Å². The third kappa shape index (κ3) is 3.19. The van der Waals surface area contributed by atoms with Gasteiger partial charge in [-0.3, -0.25) is 0 Å². The van der Waals surface area contributed by atoms with Gasteiger partial charge in [0.2, 0.25) is 0 Å². The van der Waals surface area contributed by atoms with Gasteiger partial charge in [-0.15, -0.1) is 0 Å². The number of anilines is 1. The lowest BCUT2D eigenvalue weighted by atomic mass is 10.0. The minimum Gasteiger partial charge on any atom is -0.389 e. The summed E-state index contributed by atoms with van der Waals surface area (Å²) in [5.41, 5.74) is 1.19. The molecule has 1 unspecified atom stereocenters. The predicted octanol–water partition coefficient (Wildman–Crippen LogP) is 3.36. The molecular weight excluding hydrogens is 217 g/mol. The topological polar surface area (TPSA) is 23.5 Å². The monoisotopic (exact) mass is 239 g/mol. The van der Waals surface area contributed by atoms with Crippen LogP contribution in [0.3, 0.4) is 0 Å². The molecule has 2 nitrogen and oxygen atoms in total. The fraction of sp³-hybridized carbons (Fsp3) is 0.571. The molecule has 2 atom stereocenters. The molecule has 0 heterocycles. The average Bonchev–Trinajstić information content (AvgIpc) is 2.26. The van der Waals surface area contributed by atoms with Crippen molar-refractivity contribution in [1.29, 1.82) is 0 Å². The van der Waals surface area contributed by atoms with Gasteiger partial charge in [-0.25, -0.2) is 4.39 Å². The molecular formula is C14H22FNO. The van der Waals surface area contributed by atoms with Crippen LogP contribution in [0.2, 0.25) is 0 Å². The highest BCUT2D eigenvalue weighted by Gasteiger charge is 2.17. The molecule has 0 spiro atoms. The Morgan fingerprint density at radius 1 is 1.18 bits per heavy atom. The Kier molecular flexibility index (Phi) is 4.52. The summed E-state index contributed by atoms with van der Waals surface area (Å²) < 4.78 is 13.9. The van der Waals surface area contributed by atoms with E-state index in [9.17, 15) is 9.50 Å². The quantitative estimate of drug-likeness (QED) is 0.871. The molecule has 17 heavy (non-hydrogen) atoms. The number of halogens is 1. The van der Waals surface area contributed by atoms with E-state index in [1.165, 1.54) is 6.07 Å². The summed E-state index contributed by atoms with van der Waals surface area (Å²) in [6, 6.07) is 5.17. The van der Waals surface area contributed by atoms with Gasteiger partial charge in [-0.1, -0.05) is 19.9 Å². The molecule has 1 N–H and O–H groups in total. The Bertz CT molecular complexity index is 376. The molecule has 0 aromatic heterocycles. The Labute approximate surface area is 103 Å². The van der Waals surface area contributed by atoms with Crippen LogP contribution in [0.1, 0.15) is 39.4 Å². The van der Waals surface area contributed by atoms with Gasteiger partial charge in [0, 0.05) is 13.1 Å². The lowest BCUT2D eigenvalue weighted by molar-refractivity contribution is 0.199. The van der Waals surface area contributed by atoms with Crippen LogP contribution in [0.15, 0.2) is 18.2 Å². The van der Waals surface area contributed by atoms with E-state index in [4.69, 9.17) is 0 Å². The van der Waals surface area contributed by atoms with Gasteiger partial charge in [0.25, 0.3) is 0 Å². The normalized spacial score (nSPS) is 14.8. The Balaban J connectivity index is 2.99. The molecule has 0 fully saturated rings. The van der Waals surface area contributed by atoms with Crippen molar-refractivity contribution in [3.63, 3.8) is 0 Å². The van der Waals surface area contributed by atoms with E-state index >= 15 is 0 Å². The number of aliphatic hydroxyl groups is 1. The van der Waals surface area contributed by atoms with Gasteiger partial charge in [0.1, 0.15) is 5.82 Å². The van der Waals surface area contributed by atoms with Crippen molar-refractivity contribution in [2.45, 2.75) is 39.8 Å². The maximum atomic E-state index is 13.9. The lowest BCUT2D eigenvalue weighted by Crippen LogP contribution is -2.33. The Hall–Kier alpha value is -1.09. The molecule has 0 amide bonds. The molecule has 1 aromatic carbocycles. The molecule has 1 rings (SSSR count). The van der Waals surface area contributed by atoms with Gasteiger partial charge in [0.15, 0.2) is 0 Å². The number of nitrogens with zero attached hydrogens (tertiary/aromatic N) is 1. The molecule has 0 aliphatic rings. The van der Waals surface area contributed by atoms with Crippen LogP contribution in [0.5, 0.6) is 0 Å². The fourth-order valence-electron chi connectivity index (χ4n) is 1.74. The second kappa shape index (κ2) is 5.50. The summed E-state index contributed by atoms with van der Waals surface area (Å²) >= 11 is 0. The van der Waals surface area contributed by atoms with E-state index in [-0.39, 0.29) is 11.9 Å². The van der Waals surface area contributed by atoms with Crippen molar-refractivity contribution in [2.24, 2.45) is 5.92 Å². The van der Waals surface area contributed by atoms with E-state index < -0.39 is 6.10 Å². The molecule has 0 radical (unpaired) electrons. The van der Waals surface area contributed by atoms with E-state index in [2.05, 4.69) is 20.8 Å². The van der Waals surface area contributed by atoms with E-state index in [1.807, 2.05) is 11.9 Å². The van der Waals surface area contributed by atoms with Crippen molar-refractivity contribution in [3.05, 3.63) is 29.6 Å². The summed E-state index contributed by atoms with van der Waals surface area (Å²) in [4.78, 5) is 1.94. The molecule has 0 saturated carbocycles. The highest BCUT2D eigenvalue weighted by molar-refractivity contribution is 5.49. The molecule has 1 aromatic rings. The highest BCUT2D eigenvalue weighted by Crippen LogP contribution is 2.25. The molecule has 0 bridgehead atoms. The zero-order chi connectivity index (χ0) is 13.2. The van der Waals surface area contributed by atoms with Gasteiger partial charge in [-0.05, 0) is 37.5 Å². The SMILES string of the molecule is CC(C)C(C)N(C)c1ccc([C@H](C)O)cc1F. The second-order valence-electron chi connectivity index (χ2n) is 4.98. The number of hydrogen-bond donors (Lipinski definition) is 1. The summed E-state index contributed by atoms with van der Waals surface area (Å²) in [5, 5.41) is 9.39. The maximum Gasteiger partial charge on any atom is 0.146 e. The average molecular weight is 239 g/mol. The largest absolute Gasteiger partial charge is 0.389 e. The van der Waals surface area contributed by atoms with Crippen molar-refractivity contribution in [2.75, 3.05) is 11.9 Å². The fourth-order valence-corrected chi connectivity index (χ4v) is 1.74. The third-order valence-corrected chi connectivity index (χ3v) is 3.41. The smallest absolute Gasteiger partial charge is 0.146 e. The van der Waals surface area contributed by atoms with Crippen molar-refractivity contribution < 1.29 is 9.50 Å². The first-order chi connectivity index (χ1) is 7.84.